The van der Waals surface area contributed by atoms with E-state index >= 15 is 0 Å². The number of aromatic nitrogens is 6. The Labute approximate surface area is 222 Å². The molecule has 16 heteroatoms. The maximum Gasteiger partial charge on any atom is 0.416 e. The number of aliphatic hydroxyl groups is 1. The van der Waals surface area contributed by atoms with E-state index in [1.54, 1.807) is 18.2 Å². The van der Waals surface area contributed by atoms with Crippen molar-refractivity contribution in [3.8, 4) is 17.1 Å². The van der Waals surface area contributed by atoms with E-state index in [0.717, 1.165) is 4.68 Å². The smallest absolute Gasteiger partial charge is 0.382 e. The first kappa shape index (κ1) is 27.5. The average Bonchev–Trinajstić information content (AvgIpc) is 3.47. The SMILES string of the molecule is NC(=O)CNC(=O)c1ccccc1-n1cnc(Cn2nc(-c3ccc(Cl)cc3)n(CC(O)C(F)(F)F)c2=O)n1. The van der Waals surface area contributed by atoms with Crippen LogP contribution in [0.3, 0.4) is 0 Å². The van der Waals surface area contributed by atoms with Crippen LogP contribution in [0.4, 0.5) is 13.2 Å². The van der Waals surface area contributed by atoms with Crippen molar-refractivity contribution < 1.29 is 27.9 Å². The predicted octanol–water partition coefficient (Wildman–Crippen LogP) is 1.13. The Bertz CT molecular complexity index is 1560. The zero-order valence-electron chi connectivity index (χ0n) is 19.8. The average molecular weight is 565 g/mol. The van der Waals surface area contributed by atoms with Crippen LogP contribution in [0.2, 0.25) is 5.02 Å². The number of halogens is 4. The van der Waals surface area contributed by atoms with E-state index in [9.17, 15) is 32.7 Å². The van der Waals surface area contributed by atoms with E-state index in [0.29, 0.717) is 20.8 Å². The summed E-state index contributed by atoms with van der Waals surface area (Å²) in [6.45, 7) is -1.80. The van der Waals surface area contributed by atoms with Gasteiger partial charge < -0.3 is 16.2 Å². The molecule has 4 aromatic rings. The van der Waals surface area contributed by atoms with Gasteiger partial charge in [-0.2, -0.15) is 13.2 Å². The number of rotatable bonds is 9. The molecule has 4 N–H and O–H groups in total. The summed E-state index contributed by atoms with van der Waals surface area (Å²) >= 11 is 5.89. The van der Waals surface area contributed by atoms with Gasteiger partial charge in [-0.1, -0.05) is 23.7 Å². The van der Waals surface area contributed by atoms with Crippen LogP contribution in [0.5, 0.6) is 0 Å². The van der Waals surface area contributed by atoms with Gasteiger partial charge in [0.15, 0.2) is 17.8 Å². The predicted molar refractivity (Wildman–Crippen MR) is 131 cm³/mol. The fourth-order valence-corrected chi connectivity index (χ4v) is 3.67. The van der Waals surface area contributed by atoms with Gasteiger partial charge in [0.2, 0.25) is 5.91 Å². The van der Waals surface area contributed by atoms with E-state index in [1.807, 2.05) is 0 Å². The van der Waals surface area contributed by atoms with Crippen molar-refractivity contribution in [3.05, 3.63) is 81.8 Å². The lowest BCUT2D eigenvalue weighted by Crippen LogP contribution is -2.37. The third-order valence-electron chi connectivity index (χ3n) is 5.41. The summed E-state index contributed by atoms with van der Waals surface area (Å²) in [5, 5.41) is 20.8. The first-order chi connectivity index (χ1) is 18.4. The maximum atomic E-state index is 13.1. The fourth-order valence-electron chi connectivity index (χ4n) is 3.55. The molecule has 1 unspecified atom stereocenters. The number of amides is 2. The lowest BCUT2D eigenvalue weighted by molar-refractivity contribution is -0.207. The van der Waals surface area contributed by atoms with Crippen LogP contribution < -0.4 is 16.7 Å². The van der Waals surface area contributed by atoms with Gasteiger partial charge in [-0.3, -0.25) is 14.2 Å². The molecular weight excluding hydrogens is 545 g/mol. The second-order valence-corrected chi connectivity index (χ2v) is 8.65. The Morgan fingerprint density at radius 1 is 1.10 bits per heavy atom. The highest BCUT2D eigenvalue weighted by atomic mass is 35.5. The van der Waals surface area contributed by atoms with Crippen molar-refractivity contribution in [2.45, 2.75) is 25.4 Å². The van der Waals surface area contributed by atoms with Gasteiger partial charge >= 0.3 is 11.9 Å². The summed E-state index contributed by atoms with van der Waals surface area (Å²) in [5.41, 5.74) is 4.87. The van der Waals surface area contributed by atoms with E-state index in [1.165, 1.54) is 41.3 Å². The minimum absolute atomic E-state index is 0.0492. The number of carbonyl (C=O) groups excluding carboxylic acids is 2. The highest BCUT2D eigenvalue weighted by Crippen LogP contribution is 2.24. The Morgan fingerprint density at radius 2 is 1.79 bits per heavy atom. The highest BCUT2D eigenvalue weighted by molar-refractivity contribution is 6.30. The second kappa shape index (κ2) is 11.1. The van der Waals surface area contributed by atoms with E-state index < -0.39 is 36.3 Å². The largest absolute Gasteiger partial charge is 0.416 e. The molecule has 4 rings (SSSR count). The number of para-hydroxylation sites is 1. The summed E-state index contributed by atoms with van der Waals surface area (Å²) in [4.78, 5) is 40.7. The van der Waals surface area contributed by atoms with Crippen molar-refractivity contribution >= 4 is 23.4 Å². The zero-order valence-corrected chi connectivity index (χ0v) is 20.6. The number of benzene rings is 2. The lowest BCUT2D eigenvalue weighted by Gasteiger charge is -2.15. The lowest BCUT2D eigenvalue weighted by atomic mass is 10.1. The second-order valence-electron chi connectivity index (χ2n) is 8.21. The third-order valence-corrected chi connectivity index (χ3v) is 5.66. The van der Waals surface area contributed by atoms with E-state index in [4.69, 9.17) is 17.3 Å². The summed E-state index contributed by atoms with van der Waals surface area (Å²) in [7, 11) is 0. The molecule has 1 atom stereocenters. The summed E-state index contributed by atoms with van der Waals surface area (Å²) in [6.07, 6.45) is -6.50. The molecule has 0 aliphatic rings. The molecule has 0 bridgehead atoms. The van der Waals surface area contributed by atoms with Gasteiger partial charge in [-0.05, 0) is 36.4 Å². The van der Waals surface area contributed by atoms with Gasteiger partial charge in [0.25, 0.3) is 5.91 Å². The minimum atomic E-state index is -4.96. The van der Waals surface area contributed by atoms with Crippen LogP contribution in [0.15, 0.2) is 59.7 Å². The zero-order chi connectivity index (χ0) is 28.3. The van der Waals surface area contributed by atoms with Crippen molar-refractivity contribution in [2.75, 3.05) is 6.54 Å². The standard InChI is InChI=1S/C23H20ClF3N8O4/c24-14-7-5-13(6-8-14)20-32-34(22(39)33(20)10-17(36)23(25,26)27)11-19-30-12-35(31-19)16-4-2-1-3-15(16)21(38)29-9-18(28)37/h1-8,12,17,36H,9-11H2,(H2,28,37)(H,29,38). The topological polar surface area (TPSA) is 163 Å². The van der Waals surface area contributed by atoms with Gasteiger partial charge in [-0.25, -0.2) is 19.1 Å². The number of nitrogens with one attached hydrogen (secondary N) is 1. The normalized spacial score (nSPS) is 12.3. The Hall–Kier alpha value is -4.50. The van der Waals surface area contributed by atoms with Crippen LogP contribution in [-0.4, -0.2) is 64.9 Å². The molecule has 0 fully saturated rings. The number of hydrogen-bond donors (Lipinski definition) is 3. The quantitative estimate of drug-likeness (QED) is 0.274. The van der Waals surface area contributed by atoms with Crippen LogP contribution >= 0.6 is 11.6 Å². The summed E-state index contributed by atoms with van der Waals surface area (Å²) in [6, 6.07) is 12.2. The van der Waals surface area contributed by atoms with E-state index in [-0.39, 0.29) is 30.3 Å². The molecule has 0 saturated carbocycles. The Balaban J connectivity index is 1.66. The highest BCUT2D eigenvalue weighted by Gasteiger charge is 2.39. The molecule has 0 saturated heterocycles. The fraction of sp³-hybridized carbons (Fsp3) is 0.217. The molecule has 0 radical (unpaired) electrons. The number of alkyl halides is 3. The number of hydrogen-bond acceptors (Lipinski definition) is 7. The molecule has 2 amide bonds. The summed E-state index contributed by atoms with van der Waals surface area (Å²) in [5.74, 6) is -1.40. The number of nitrogens with two attached hydrogens (primary N) is 1. The van der Waals surface area contributed by atoms with Crippen molar-refractivity contribution in [3.63, 3.8) is 0 Å². The molecular formula is C23H20ClF3N8O4. The summed E-state index contributed by atoms with van der Waals surface area (Å²) < 4.78 is 42.0. The molecule has 0 aliphatic heterocycles. The molecule has 0 spiro atoms. The number of aliphatic hydroxyl groups excluding tert-OH is 1. The Kier molecular flexibility index (Phi) is 7.83. The van der Waals surface area contributed by atoms with Gasteiger partial charge in [-0.15, -0.1) is 10.2 Å². The van der Waals surface area contributed by atoms with Gasteiger partial charge in [0.1, 0.15) is 12.9 Å². The molecule has 12 nitrogen and oxygen atoms in total. The Morgan fingerprint density at radius 3 is 2.46 bits per heavy atom. The molecule has 0 aliphatic carbocycles. The first-order valence-electron chi connectivity index (χ1n) is 11.2. The number of primary amides is 1. The molecule has 2 aromatic carbocycles. The minimum Gasteiger partial charge on any atom is -0.382 e. The maximum absolute atomic E-state index is 13.1. The number of nitrogens with zero attached hydrogens (tertiary/aromatic N) is 6. The van der Waals surface area contributed by atoms with Crippen LogP contribution in [-0.2, 0) is 17.9 Å². The van der Waals surface area contributed by atoms with Gasteiger partial charge in [0, 0.05) is 10.6 Å². The monoisotopic (exact) mass is 564 g/mol. The van der Waals surface area contributed by atoms with Crippen LogP contribution in [0.25, 0.3) is 17.1 Å². The number of carbonyl (C=O) groups is 2. The van der Waals surface area contributed by atoms with Crippen LogP contribution in [0, 0.1) is 0 Å². The molecule has 204 valence electrons. The molecule has 2 heterocycles. The van der Waals surface area contributed by atoms with Gasteiger partial charge in [0.05, 0.1) is 24.3 Å². The van der Waals surface area contributed by atoms with Crippen molar-refractivity contribution in [2.24, 2.45) is 5.73 Å². The van der Waals surface area contributed by atoms with Crippen LogP contribution in [0.1, 0.15) is 16.2 Å². The first-order valence-corrected chi connectivity index (χ1v) is 11.6. The van der Waals surface area contributed by atoms with E-state index in [2.05, 4.69) is 20.5 Å². The molecule has 39 heavy (non-hydrogen) atoms. The molecule has 2 aromatic heterocycles. The third kappa shape index (κ3) is 6.32. The van der Waals surface area contributed by atoms with Crippen molar-refractivity contribution in [1.82, 2.24) is 34.4 Å². The van der Waals surface area contributed by atoms with Crippen molar-refractivity contribution in [1.29, 1.82) is 0 Å².